The van der Waals surface area contributed by atoms with Gasteiger partial charge in [-0.25, -0.2) is 0 Å². The van der Waals surface area contributed by atoms with Crippen molar-refractivity contribution in [3.63, 3.8) is 0 Å². The lowest BCUT2D eigenvalue weighted by Gasteiger charge is -2.29. The minimum atomic E-state index is -0.301. The fourth-order valence-electron chi connectivity index (χ4n) is 3.09. The molecule has 1 aromatic heterocycles. The Morgan fingerprint density at radius 1 is 1.00 bits per heavy atom. The van der Waals surface area contributed by atoms with Gasteiger partial charge in [0.25, 0.3) is 5.91 Å². The van der Waals surface area contributed by atoms with Crippen molar-refractivity contribution >= 4 is 34.7 Å². The smallest absolute Gasteiger partial charge is 0.276 e. The van der Waals surface area contributed by atoms with E-state index in [4.69, 9.17) is 11.6 Å². The van der Waals surface area contributed by atoms with Gasteiger partial charge in [0.1, 0.15) is 0 Å². The summed E-state index contributed by atoms with van der Waals surface area (Å²) in [4.78, 5) is 14.5. The first kappa shape index (κ1) is 16.5. The van der Waals surface area contributed by atoms with Crippen LogP contribution in [0.2, 0.25) is 5.02 Å². The number of halogens is 1. The van der Waals surface area contributed by atoms with Gasteiger partial charge in [0.15, 0.2) is 11.5 Å². The molecule has 2 heterocycles. The molecule has 0 bridgehead atoms. The van der Waals surface area contributed by atoms with Crippen LogP contribution in [-0.2, 0) is 6.42 Å². The minimum Gasteiger partial charge on any atom is -0.325 e. The first-order valence-corrected chi connectivity index (χ1v) is 8.84. The topological polar surface area (TPSA) is 58.1 Å². The fourth-order valence-corrected chi connectivity index (χ4v) is 3.22. The molecule has 0 unspecified atom stereocenters. The third-order valence-electron chi connectivity index (χ3n) is 4.37. The van der Waals surface area contributed by atoms with Crippen molar-refractivity contribution < 1.29 is 4.79 Å². The van der Waals surface area contributed by atoms with Crippen molar-refractivity contribution in [3.05, 3.63) is 76.9 Å². The highest BCUT2D eigenvalue weighted by molar-refractivity contribution is 6.30. The summed E-state index contributed by atoms with van der Waals surface area (Å²) in [6.45, 7) is 0.891. The van der Waals surface area contributed by atoms with Crippen LogP contribution in [0, 0.1) is 0 Å². The second-order valence-electron chi connectivity index (χ2n) is 6.12. The Labute approximate surface area is 156 Å². The van der Waals surface area contributed by atoms with Crippen LogP contribution in [0.15, 0.2) is 60.7 Å². The first-order valence-electron chi connectivity index (χ1n) is 8.47. The summed E-state index contributed by atoms with van der Waals surface area (Å²) in [5, 5.41) is 11.8. The summed E-state index contributed by atoms with van der Waals surface area (Å²) in [5.41, 5.74) is 3.40. The summed E-state index contributed by atoms with van der Waals surface area (Å²) in [5.74, 6) is 0.450. The number of aromatic nitrogens is 2. The molecule has 6 heteroatoms. The number of nitrogens with zero attached hydrogens (tertiary/aromatic N) is 3. The van der Waals surface area contributed by atoms with Gasteiger partial charge in [-0.05, 0) is 60.9 Å². The predicted octanol–water partition coefficient (Wildman–Crippen LogP) is 4.47. The van der Waals surface area contributed by atoms with E-state index in [1.165, 1.54) is 5.56 Å². The van der Waals surface area contributed by atoms with Crippen molar-refractivity contribution in [2.24, 2.45) is 0 Å². The molecule has 1 N–H and O–H groups in total. The van der Waals surface area contributed by atoms with Crippen LogP contribution in [0.1, 0.15) is 22.5 Å². The number of amides is 1. The summed E-state index contributed by atoms with van der Waals surface area (Å²) < 4.78 is 0. The molecule has 130 valence electrons. The van der Waals surface area contributed by atoms with E-state index in [0.29, 0.717) is 10.7 Å². The zero-order valence-corrected chi connectivity index (χ0v) is 14.8. The molecule has 0 saturated carbocycles. The first-order chi connectivity index (χ1) is 12.7. The molecular weight excluding hydrogens is 348 g/mol. The van der Waals surface area contributed by atoms with Crippen LogP contribution >= 0.6 is 11.6 Å². The van der Waals surface area contributed by atoms with Crippen LogP contribution in [0.3, 0.4) is 0 Å². The van der Waals surface area contributed by atoms with E-state index in [1.807, 2.05) is 12.1 Å². The van der Waals surface area contributed by atoms with Crippen LogP contribution in [0.4, 0.5) is 17.2 Å². The highest BCUT2D eigenvalue weighted by Crippen LogP contribution is 2.31. The Kier molecular flexibility index (Phi) is 4.54. The Morgan fingerprint density at radius 2 is 1.81 bits per heavy atom. The number of aryl methyl sites for hydroxylation is 1. The molecule has 0 radical (unpaired) electrons. The number of hydrogen-bond donors (Lipinski definition) is 1. The lowest BCUT2D eigenvalue weighted by molar-refractivity contribution is 0.102. The lowest BCUT2D eigenvalue weighted by Crippen LogP contribution is -2.26. The Morgan fingerprint density at radius 3 is 2.58 bits per heavy atom. The zero-order chi connectivity index (χ0) is 17.9. The van der Waals surface area contributed by atoms with E-state index in [2.05, 4.69) is 38.6 Å². The molecule has 1 aliphatic heterocycles. The molecule has 0 spiro atoms. The molecule has 26 heavy (non-hydrogen) atoms. The van der Waals surface area contributed by atoms with Gasteiger partial charge < -0.3 is 10.2 Å². The van der Waals surface area contributed by atoms with Crippen LogP contribution in [0.5, 0.6) is 0 Å². The van der Waals surface area contributed by atoms with Gasteiger partial charge in [-0.15, -0.1) is 10.2 Å². The fraction of sp³-hybridized carbons (Fsp3) is 0.150. The van der Waals surface area contributed by atoms with Crippen LogP contribution in [0.25, 0.3) is 0 Å². The number of benzene rings is 2. The van der Waals surface area contributed by atoms with Gasteiger partial charge in [0, 0.05) is 22.9 Å². The second kappa shape index (κ2) is 7.14. The molecule has 0 atom stereocenters. The van der Waals surface area contributed by atoms with E-state index < -0.39 is 0 Å². The van der Waals surface area contributed by atoms with E-state index in [1.54, 1.807) is 30.3 Å². The van der Waals surface area contributed by atoms with Gasteiger partial charge in [0.05, 0.1) is 0 Å². The monoisotopic (exact) mass is 364 g/mol. The van der Waals surface area contributed by atoms with Crippen molar-refractivity contribution in [2.75, 3.05) is 16.8 Å². The van der Waals surface area contributed by atoms with E-state index in [-0.39, 0.29) is 11.6 Å². The number of para-hydroxylation sites is 1. The maximum absolute atomic E-state index is 12.3. The van der Waals surface area contributed by atoms with Crippen LogP contribution < -0.4 is 10.2 Å². The number of carbonyl (C=O) groups excluding carboxylic acids is 1. The normalized spacial score (nSPS) is 13.2. The standard InChI is InChI=1S/C20H17ClN4O/c21-15-7-9-16(10-8-15)22-20(26)17-11-12-19(24-23-17)25-13-3-5-14-4-1-2-6-18(14)25/h1-2,4,6-12H,3,5,13H2,(H,22,26). The number of nitrogens with one attached hydrogen (secondary N) is 1. The van der Waals surface area contributed by atoms with Crippen molar-refractivity contribution in [2.45, 2.75) is 12.8 Å². The molecule has 0 saturated heterocycles. The molecule has 3 aromatic rings. The Bertz CT molecular complexity index is 925. The molecule has 0 aliphatic carbocycles. The van der Waals surface area contributed by atoms with Crippen molar-refractivity contribution in [3.8, 4) is 0 Å². The Balaban J connectivity index is 1.52. The minimum absolute atomic E-state index is 0.272. The van der Waals surface area contributed by atoms with Gasteiger partial charge in [-0.3, -0.25) is 4.79 Å². The number of carbonyl (C=O) groups is 1. The number of anilines is 3. The van der Waals surface area contributed by atoms with Crippen molar-refractivity contribution in [1.82, 2.24) is 10.2 Å². The molecule has 2 aromatic carbocycles. The van der Waals surface area contributed by atoms with Crippen LogP contribution in [-0.4, -0.2) is 22.6 Å². The molecule has 0 fully saturated rings. The maximum atomic E-state index is 12.3. The molecule has 1 amide bonds. The molecule has 1 aliphatic rings. The summed E-state index contributed by atoms with van der Waals surface area (Å²) in [6, 6.07) is 18.8. The highest BCUT2D eigenvalue weighted by Gasteiger charge is 2.19. The maximum Gasteiger partial charge on any atom is 0.276 e. The summed E-state index contributed by atoms with van der Waals surface area (Å²) >= 11 is 5.85. The van der Waals surface area contributed by atoms with E-state index in [0.717, 1.165) is 30.9 Å². The molecule has 4 rings (SSSR count). The molecule has 5 nitrogen and oxygen atoms in total. The molecular formula is C20H17ClN4O. The average Bonchev–Trinajstić information content (AvgIpc) is 2.69. The highest BCUT2D eigenvalue weighted by atomic mass is 35.5. The third-order valence-corrected chi connectivity index (χ3v) is 4.62. The zero-order valence-electron chi connectivity index (χ0n) is 14.0. The van der Waals surface area contributed by atoms with E-state index >= 15 is 0 Å². The van der Waals surface area contributed by atoms with Gasteiger partial charge in [-0.2, -0.15) is 0 Å². The summed E-state index contributed by atoms with van der Waals surface area (Å²) in [7, 11) is 0. The van der Waals surface area contributed by atoms with Crippen molar-refractivity contribution in [1.29, 1.82) is 0 Å². The van der Waals surface area contributed by atoms with E-state index in [9.17, 15) is 4.79 Å². The quantitative estimate of drug-likeness (QED) is 0.745. The SMILES string of the molecule is O=C(Nc1ccc(Cl)cc1)c1ccc(N2CCCc3ccccc32)nn1. The third kappa shape index (κ3) is 3.39. The van der Waals surface area contributed by atoms with Gasteiger partial charge in [0.2, 0.25) is 0 Å². The van der Waals surface area contributed by atoms with Gasteiger partial charge in [-0.1, -0.05) is 29.8 Å². The average molecular weight is 365 g/mol. The number of rotatable bonds is 3. The summed E-state index contributed by atoms with van der Waals surface area (Å²) in [6.07, 6.45) is 2.14. The number of fused-ring (bicyclic) bond motifs is 1. The predicted molar refractivity (Wildman–Crippen MR) is 103 cm³/mol. The number of hydrogen-bond acceptors (Lipinski definition) is 4. The second-order valence-corrected chi connectivity index (χ2v) is 6.56. The van der Waals surface area contributed by atoms with Gasteiger partial charge >= 0.3 is 0 Å². The lowest BCUT2D eigenvalue weighted by atomic mass is 10.0. The largest absolute Gasteiger partial charge is 0.325 e. The Hall–Kier alpha value is -2.92.